The number of benzene rings is 2. The third-order valence-corrected chi connectivity index (χ3v) is 3.06. The third-order valence-electron chi connectivity index (χ3n) is 3.06. The summed E-state index contributed by atoms with van der Waals surface area (Å²) in [5.74, 6) is 0. The van der Waals surface area contributed by atoms with Gasteiger partial charge in [0.2, 0.25) is 0 Å². The second kappa shape index (κ2) is 5.50. The average molecular weight is 238 g/mol. The van der Waals surface area contributed by atoms with Crippen LogP contribution in [0.5, 0.6) is 0 Å². The summed E-state index contributed by atoms with van der Waals surface area (Å²) in [5, 5.41) is 0. The van der Waals surface area contributed by atoms with Gasteiger partial charge in [0.15, 0.2) is 0 Å². The minimum absolute atomic E-state index is 1.17. The van der Waals surface area contributed by atoms with E-state index >= 15 is 0 Å². The van der Waals surface area contributed by atoms with E-state index in [9.17, 15) is 0 Å². The summed E-state index contributed by atoms with van der Waals surface area (Å²) < 4.78 is 0. The topological polar surface area (TPSA) is 15.6 Å². The molecule has 0 bridgehead atoms. The number of hydrogen-bond acceptors (Lipinski definition) is 2. The summed E-state index contributed by atoms with van der Waals surface area (Å²) in [6.45, 7) is 2.11. The predicted octanol–water partition coefficient (Wildman–Crippen LogP) is 3.81. The van der Waals surface area contributed by atoms with E-state index in [1.54, 1.807) is 7.05 Å². The Morgan fingerprint density at radius 1 is 1.00 bits per heavy atom. The van der Waals surface area contributed by atoms with Gasteiger partial charge in [-0.2, -0.15) is 0 Å². The summed E-state index contributed by atoms with van der Waals surface area (Å²) in [4.78, 5) is 6.34. The van der Waals surface area contributed by atoms with Crippen LogP contribution in [0.2, 0.25) is 0 Å². The van der Waals surface area contributed by atoms with Crippen molar-refractivity contribution in [3.8, 4) is 0 Å². The second-order valence-corrected chi connectivity index (χ2v) is 4.29. The van der Waals surface area contributed by atoms with Crippen LogP contribution in [0.3, 0.4) is 0 Å². The lowest BCUT2D eigenvalue weighted by molar-refractivity contribution is 1.19. The lowest BCUT2D eigenvalue weighted by Crippen LogP contribution is -2.12. The Bertz CT molecular complexity index is 544. The van der Waals surface area contributed by atoms with Crippen LogP contribution in [0, 0.1) is 6.92 Å². The molecule has 0 heterocycles. The van der Waals surface area contributed by atoms with Crippen molar-refractivity contribution >= 4 is 17.6 Å². The van der Waals surface area contributed by atoms with E-state index in [1.807, 2.05) is 12.3 Å². The molecule has 0 saturated heterocycles. The van der Waals surface area contributed by atoms with Gasteiger partial charge in [-0.15, -0.1) is 0 Å². The zero-order chi connectivity index (χ0) is 13.0. The van der Waals surface area contributed by atoms with Crippen LogP contribution in [0.15, 0.2) is 53.5 Å². The van der Waals surface area contributed by atoms with E-state index in [-0.39, 0.29) is 0 Å². The fourth-order valence-electron chi connectivity index (χ4n) is 2.05. The van der Waals surface area contributed by atoms with Crippen molar-refractivity contribution < 1.29 is 0 Å². The van der Waals surface area contributed by atoms with Gasteiger partial charge in [-0.1, -0.05) is 30.3 Å². The maximum atomic E-state index is 4.15. The van der Waals surface area contributed by atoms with Gasteiger partial charge in [0.1, 0.15) is 0 Å². The van der Waals surface area contributed by atoms with Crippen LogP contribution in [0.1, 0.15) is 11.1 Å². The Hall–Kier alpha value is -2.09. The molecule has 0 N–H and O–H groups in total. The van der Waals surface area contributed by atoms with Gasteiger partial charge in [0.25, 0.3) is 0 Å². The lowest BCUT2D eigenvalue weighted by Gasteiger charge is -2.22. The summed E-state index contributed by atoms with van der Waals surface area (Å²) >= 11 is 0. The maximum Gasteiger partial charge on any atom is 0.0499 e. The van der Waals surface area contributed by atoms with Crippen molar-refractivity contribution in [2.45, 2.75) is 6.92 Å². The lowest BCUT2D eigenvalue weighted by atomic mass is 10.1. The molecule has 2 aromatic rings. The molecule has 0 aliphatic carbocycles. The smallest absolute Gasteiger partial charge is 0.0499 e. The first-order valence-electron chi connectivity index (χ1n) is 6.04. The number of rotatable bonds is 3. The van der Waals surface area contributed by atoms with Crippen LogP contribution in [0.25, 0.3) is 0 Å². The Labute approximate surface area is 109 Å². The molecular formula is C16H18N2. The van der Waals surface area contributed by atoms with Crippen LogP contribution < -0.4 is 4.90 Å². The molecule has 2 nitrogen and oxygen atoms in total. The monoisotopic (exact) mass is 238 g/mol. The quantitative estimate of drug-likeness (QED) is 0.742. The van der Waals surface area contributed by atoms with E-state index in [0.29, 0.717) is 0 Å². The van der Waals surface area contributed by atoms with Crippen molar-refractivity contribution in [2.75, 3.05) is 19.0 Å². The van der Waals surface area contributed by atoms with Crippen LogP contribution in [0.4, 0.5) is 11.4 Å². The van der Waals surface area contributed by atoms with Crippen LogP contribution in [-0.2, 0) is 0 Å². The molecule has 0 amide bonds. The number of anilines is 2. The molecule has 0 aromatic heterocycles. The number of para-hydroxylation sites is 1. The summed E-state index contributed by atoms with van der Waals surface area (Å²) in [5.41, 5.74) is 4.76. The molecule has 0 aliphatic heterocycles. The molecule has 2 aromatic carbocycles. The molecule has 0 atom stereocenters. The molecule has 92 valence electrons. The fraction of sp³-hybridized carbons (Fsp3) is 0.188. The maximum absolute atomic E-state index is 4.15. The van der Waals surface area contributed by atoms with Crippen molar-refractivity contribution in [1.29, 1.82) is 0 Å². The molecule has 2 heteroatoms. The first-order valence-corrected chi connectivity index (χ1v) is 6.04. The van der Waals surface area contributed by atoms with Gasteiger partial charge in [0, 0.05) is 37.2 Å². The Kier molecular flexibility index (Phi) is 3.78. The molecule has 0 radical (unpaired) electrons. The fourth-order valence-corrected chi connectivity index (χ4v) is 2.05. The average Bonchev–Trinajstić information content (AvgIpc) is 2.41. The molecule has 0 aliphatic rings. The largest absolute Gasteiger partial charge is 0.344 e. The van der Waals surface area contributed by atoms with Gasteiger partial charge in [-0.3, -0.25) is 4.99 Å². The van der Waals surface area contributed by atoms with Gasteiger partial charge < -0.3 is 4.90 Å². The molecule has 0 saturated carbocycles. The number of nitrogens with zero attached hydrogens (tertiary/aromatic N) is 2. The normalized spacial score (nSPS) is 10.8. The molecule has 18 heavy (non-hydrogen) atoms. The highest BCUT2D eigenvalue weighted by atomic mass is 15.1. The summed E-state index contributed by atoms with van der Waals surface area (Å²) in [6.07, 6.45) is 1.92. The van der Waals surface area contributed by atoms with Crippen molar-refractivity contribution in [3.63, 3.8) is 0 Å². The minimum atomic E-state index is 1.17. The van der Waals surface area contributed by atoms with Gasteiger partial charge in [0.05, 0.1) is 0 Å². The molecule has 0 unspecified atom stereocenters. The highest BCUT2D eigenvalue weighted by molar-refractivity contribution is 5.91. The Morgan fingerprint density at radius 3 is 2.39 bits per heavy atom. The zero-order valence-electron chi connectivity index (χ0n) is 11.1. The number of aliphatic imine (C=N–C) groups is 1. The van der Waals surface area contributed by atoms with E-state index in [2.05, 4.69) is 66.3 Å². The first kappa shape index (κ1) is 12.4. The Morgan fingerprint density at radius 2 is 1.72 bits per heavy atom. The minimum Gasteiger partial charge on any atom is -0.344 e. The highest BCUT2D eigenvalue weighted by Gasteiger charge is 2.09. The third kappa shape index (κ3) is 2.43. The van der Waals surface area contributed by atoms with Gasteiger partial charge >= 0.3 is 0 Å². The summed E-state index contributed by atoms with van der Waals surface area (Å²) in [6, 6.07) is 16.7. The predicted molar refractivity (Wildman–Crippen MR) is 79.2 cm³/mol. The second-order valence-electron chi connectivity index (χ2n) is 4.29. The van der Waals surface area contributed by atoms with E-state index in [4.69, 9.17) is 0 Å². The van der Waals surface area contributed by atoms with Crippen molar-refractivity contribution in [2.24, 2.45) is 4.99 Å². The zero-order valence-corrected chi connectivity index (χ0v) is 11.1. The van der Waals surface area contributed by atoms with Crippen molar-refractivity contribution in [1.82, 2.24) is 0 Å². The SMILES string of the molecule is CN=Cc1c(C)cccc1N(C)c1ccccc1. The van der Waals surface area contributed by atoms with E-state index in [1.165, 1.54) is 22.5 Å². The van der Waals surface area contributed by atoms with E-state index in [0.717, 1.165) is 0 Å². The molecule has 0 fully saturated rings. The van der Waals surface area contributed by atoms with Gasteiger partial charge in [-0.25, -0.2) is 0 Å². The van der Waals surface area contributed by atoms with Crippen LogP contribution >= 0.6 is 0 Å². The number of hydrogen-bond donors (Lipinski definition) is 0. The van der Waals surface area contributed by atoms with Crippen LogP contribution in [-0.4, -0.2) is 20.3 Å². The standard InChI is InChI=1S/C16H18N2/c1-13-8-7-11-16(15(13)12-17-2)18(3)14-9-5-4-6-10-14/h4-12H,1-3H3. The molecular weight excluding hydrogens is 220 g/mol. The number of aryl methyl sites for hydroxylation is 1. The summed E-state index contributed by atoms with van der Waals surface area (Å²) in [7, 11) is 3.88. The first-order chi connectivity index (χ1) is 8.74. The van der Waals surface area contributed by atoms with Gasteiger partial charge in [-0.05, 0) is 30.7 Å². The van der Waals surface area contributed by atoms with E-state index < -0.39 is 0 Å². The van der Waals surface area contributed by atoms with Crippen molar-refractivity contribution in [3.05, 3.63) is 59.7 Å². The highest BCUT2D eigenvalue weighted by Crippen LogP contribution is 2.27. The molecule has 2 rings (SSSR count). The molecule has 0 spiro atoms. The Balaban J connectivity index is 2.48.